The highest BCUT2D eigenvalue weighted by molar-refractivity contribution is 6.21. The molecule has 0 amide bonds. The van der Waals surface area contributed by atoms with E-state index in [0.29, 0.717) is 0 Å². The molecule has 86 valence electrons. The standard InChI is InChI=1S/C11H15ClN4/c1-8(12)11(2,3)15-9-5-7-16-10(14-9)4-6-13-16/h4-8H,1-3H3,(H,14,15). The molecule has 1 unspecified atom stereocenters. The summed E-state index contributed by atoms with van der Waals surface area (Å²) in [6, 6.07) is 3.75. The van der Waals surface area contributed by atoms with Crippen LogP contribution >= 0.6 is 11.6 Å². The third-order valence-corrected chi connectivity index (χ3v) is 3.25. The average molecular weight is 239 g/mol. The van der Waals surface area contributed by atoms with Crippen LogP contribution in [0.2, 0.25) is 0 Å². The largest absolute Gasteiger partial charge is 0.364 e. The van der Waals surface area contributed by atoms with Crippen molar-refractivity contribution in [3.63, 3.8) is 0 Å². The van der Waals surface area contributed by atoms with Crippen LogP contribution in [0.3, 0.4) is 0 Å². The Labute approximate surface area is 99.6 Å². The Kier molecular flexibility index (Phi) is 2.76. The van der Waals surface area contributed by atoms with Gasteiger partial charge in [0.1, 0.15) is 5.82 Å². The average Bonchev–Trinajstić information content (AvgIpc) is 2.63. The molecular formula is C11H15ClN4. The summed E-state index contributed by atoms with van der Waals surface area (Å²) in [5.74, 6) is 0.811. The van der Waals surface area contributed by atoms with Crippen LogP contribution in [0, 0.1) is 0 Å². The Morgan fingerprint density at radius 3 is 2.88 bits per heavy atom. The van der Waals surface area contributed by atoms with E-state index in [-0.39, 0.29) is 10.9 Å². The minimum atomic E-state index is -0.201. The van der Waals surface area contributed by atoms with E-state index < -0.39 is 0 Å². The van der Waals surface area contributed by atoms with E-state index in [0.717, 1.165) is 11.5 Å². The molecule has 0 aliphatic carbocycles. The van der Waals surface area contributed by atoms with Gasteiger partial charge in [0.15, 0.2) is 5.65 Å². The van der Waals surface area contributed by atoms with Crippen molar-refractivity contribution in [3.05, 3.63) is 24.5 Å². The summed E-state index contributed by atoms with van der Waals surface area (Å²) >= 11 is 6.11. The Morgan fingerprint density at radius 2 is 2.19 bits per heavy atom. The monoisotopic (exact) mass is 238 g/mol. The highest BCUT2D eigenvalue weighted by Gasteiger charge is 2.24. The normalized spacial score (nSPS) is 14.0. The molecule has 1 N–H and O–H groups in total. The third-order valence-electron chi connectivity index (χ3n) is 2.70. The van der Waals surface area contributed by atoms with Crippen molar-refractivity contribution in [2.45, 2.75) is 31.7 Å². The van der Waals surface area contributed by atoms with E-state index >= 15 is 0 Å². The Hall–Kier alpha value is -1.29. The van der Waals surface area contributed by atoms with Crippen LogP contribution in [0.15, 0.2) is 24.5 Å². The smallest absolute Gasteiger partial charge is 0.157 e. The fraction of sp³-hybridized carbons (Fsp3) is 0.455. The molecule has 2 heterocycles. The first-order valence-electron chi connectivity index (χ1n) is 5.22. The van der Waals surface area contributed by atoms with Gasteiger partial charge in [-0.3, -0.25) is 0 Å². The number of aromatic nitrogens is 3. The molecule has 4 nitrogen and oxygen atoms in total. The van der Waals surface area contributed by atoms with Gasteiger partial charge in [-0.15, -0.1) is 11.6 Å². The number of rotatable bonds is 3. The van der Waals surface area contributed by atoms with Crippen LogP contribution in [-0.4, -0.2) is 25.5 Å². The number of hydrogen-bond donors (Lipinski definition) is 1. The van der Waals surface area contributed by atoms with Gasteiger partial charge in [-0.2, -0.15) is 5.10 Å². The molecule has 0 spiro atoms. The Morgan fingerprint density at radius 1 is 1.44 bits per heavy atom. The van der Waals surface area contributed by atoms with Crippen molar-refractivity contribution in [3.8, 4) is 0 Å². The molecule has 0 saturated carbocycles. The number of nitrogens with zero attached hydrogens (tertiary/aromatic N) is 3. The first-order chi connectivity index (χ1) is 7.49. The zero-order valence-electron chi connectivity index (χ0n) is 9.61. The summed E-state index contributed by atoms with van der Waals surface area (Å²) in [6.07, 6.45) is 3.60. The summed E-state index contributed by atoms with van der Waals surface area (Å²) in [4.78, 5) is 4.43. The van der Waals surface area contributed by atoms with Gasteiger partial charge in [0.25, 0.3) is 0 Å². The van der Waals surface area contributed by atoms with E-state index in [9.17, 15) is 0 Å². The van der Waals surface area contributed by atoms with E-state index in [2.05, 4.69) is 15.4 Å². The molecule has 0 fully saturated rings. The predicted octanol–water partition coefficient (Wildman–Crippen LogP) is 2.55. The number of anilines is 1. The van der Waals surface area contributed by atoms with Gasteiger partial charge >= 0.3 is 0 Å². The molecule has 2 aromatic rings. The lowest BCUT2D eigenvalue weighted by molar-refractivity contribution is 0.552. The highest BCUT2D eigenvalue weighted by atomic mass is 35.5. The number of hydrogen-bond acceptors (Lipinski definition) is 3. The maximum atomic E-state index is 6.11. The predicted molar refractivity (Wildman–Crippen MR) is 66.0 cm³/mol. The molecule has 1 atom stereocenters. The molecular weight excluding hydrogens is 224 g/mol. The minimum absolute atomic E-state index is 0.00966. The van der Waals surface area contributed by atoms with Crippen LogP contribution < -0.4 is 5.32 Å². The molecule has 0 aliphatic heterocycles. The van der Waals surface area contributed by atoms with Crippen LogP contribution in [0.1, 0.15) is 20.8 Å². The maximum Gasteiger partial charge on any atom is 0.157 e. The number of halogens is 1. The fourth-order valence-corrected chi connectivity index (χ4v) is 1.37. The summed E-state index contributed by atoms with van der Waals surface area (Å²) < 4.78 is 1.72. The van der Waals surface area contributed by atoms with E-state index in [1.54, 1.807) is 10.7 Å². The maximum absolute atomic E-state index is 6.11. The number of nitrogens with one attached hydrogen (secondary N) is 1. The van der Waals surface area contributed by atoms with Gasteiger partial charge in [0.05, 0.1) is 11.6 Å². The first-order valence-corrected chi connectivity index (χ1v) is 5.65. The van der Waals surface area contributed by atoms with Crippen molar-refractivity contribution in [2.24, 2.45) is 0 Å². The molecule has 2 rings (SSSR count). The van der Waals surface area contributed by atoms with Crippen LogP contribution in [-0.2, 0) is 0 Å². The second-order valence-electron chi connectivity index (χ2n) is 4.41. The van der Waals surface area contributed by atoms with Gasteiger partial charge < -0.3 is 5.32 Å². The highest BCUT2D eigenvalue weighted by Crippen LogP contribution is 2.20. The van der Waals surface area contributed by atoms with E-state index in [4.69, 9.17) is 11.6 Å². The summed E-state index contributed by atoms with van der Waals surface area (Å²) in [5.41, 5.74) is 0.621. The van der Waals surface area contributed by atoms with Crippen LogP contribution in [0.5, 0.6) is 0 Å². The molecule has 0 saturated heterocycles. The third kappa shape index (κ3) is 2.11. The second-order valence-corrected chi connectivity index (χ2v) is 5.06. The summed E-state index contributed by atoms with van der Waals surface area (Å²) in [7, 11) is 0. The van der Waals surface area contributed by atoms with Crippen molar-refractivity contribution < 1.29 is 0 Å². The first kappa shape index (κ1) is 11.2. The lowest BCUT2D eigenvalue weighted by Gasteiger charge is -2.29. The molecule has 0 bridgehead atoms. The summed E-state index contributed by atoms with van der Waals surface area (Å²) in [6.45, 7) is 6.06. The second kappa shape index (κ2) is 3.94. The van der Waals surface area contributed by atoms with Crippen LogP contribution in [0.25, 0.3) is 5.65 Å². The number of alkyl halides is 1. The van der Waals surface area contributed by atoms with Gasteiger partial charge in [0.2, 0.25) is 0 Å². The van der Waals surface area contributed by atoms with Gasteiger partial charge in [-0.05, 0) is 26.8 Å². The molecule has 0 radical (unpaired) electrons. The van der Waals surface area contributed by atoms with Crippen LogP contribution in [0.4, 0.5) is 5.82 Å². The van der Waals surface area contributed by atoms with E-state index in [1.165, 1.54) is 0 Å². The summed E-state index contributed by atoms with van der Waals surface area (Å²) in [5, 5.41) is 7.42. The van der Waals surface area contributed by atoms with Gasteiger partial charge in [-0.25, -0.2) is 9.50 Å². The van der Waals surface area contributed by atoms with Crippen molar-refractivity contribution in [1.82, 2.24) is 14.6 Å². The molecule has 0 aromatic carbocycles. The molecule has 16 heavy (non-hydrogen) atoms. The quantitative estimate of drug-likeness (QED) is 0.836. The Balaban J connectivity index is 2.27. The lowest BCUT2D eigenvalue weighted by atomic mass is 10.0. The minimum Gasteiger partial charge on any atom is -0.364 e. The van der Waals surface area contributed by atoms with Gasteiger partial charge in [0, 0.05) is 17.8 Å². The Bertz CT molecular complexity index is 489. The van der Waals surface area contributed by atoms with Crippen molar-refractivity contribution >= 4 is 23.1 Å². The fourth-order valence-electron chi connectivity index (χ4n) is 1.31. The van der Waals surface area contributed by atoms with Crippen molar-refractivity contribution in [2.75, 3.05) is 5.32 Å². The zero-order valence-corrected chi connectivity index (χ0v) is 10.4. The molecule has 5 heteroatoms. The zero-order chi connectivity index (χ0) is 11.8. The SMILES string of the molecule is CC(Cl)C(C)(C)Nc1ccn2nccc2n1. The van der Waals surface area contributed by atoms with Gasteiger partial charge in [-0.1, -0.05) is 0 Å². The number of fused-ring (bicyclic) bond motifs is 1. The molecule has 0 aliphatic rings. The topological polar surface area (TPSA) is 42.2 Å². The molecule has 2 aromatic heterocycles. The van der Waals surface area contributed by atoms with E-state index in [1.807, 2.05) is 39.1 Å². The lowest BCUT2D eigenvalue weighted by Crippen LogP contribution is -2.39. The van der Waals surface area contributed by atoms with Crippen molar-refractivity contribution in [1.29, 1.82) is 0 Å².